The summed E-state index contributed by atoms with van der Waals surface area (Å²) in [6.45, 7) is 6.89. The fourth-order valence-corrected chi connectivity index (χ4v) is 9.45. The molecule has 4 fully saturated rings. The van der Waals surface area contributed by atoms with Gasteiger partial charge in [0.05, 0.1) is 11.9 Å². The first-order chi connectivity index (χ1) is 15.8. The van der Waals surface area contributed by atoms with Crippen molar-refractivity contribution in [2.24, 2.45) is 46.3 Å². The van der Waals surface area contributed by atoms with Crippen molar-refractivity contribution in [2.75, 3.05) is 12.3 Å². The molecule has 34 heavy (non-hydrogen) atoms. The second-order valence-corrected chi connectivity index (χ2v) is 14.1. The summed E-state index contributed by atoms with van der Waals surface area (Å²) in [5.74, 6) is 1.37. The monoisotopic (exact) mass is 501 g/mol. The topological polar surface area (TPSA) is 104 Å². The van der Waals surface area contributed by atoms with Crippen LogP contribution in [0.5, 0.6) is 0 Å². The first-order valence-electron chi connectivity index (χ1n) is 13.4. The summed E-state index contributed by atoms with van der Waals surface area (Å²) in [7, 11) is -4.07. The average Bonchev–Trinajstić information content (AvgIpc) is 3.09. The Labute approximate surface area is 204 Å². The predicted octanol–water partition coefficient (Wildman–Crippen LogP) is 4.37. The van der Waals surface area contributed by atoms with Crippen molar-refractivity contribution in [1.82, 2.24) is 5.32 Å². The third kappa shape index (κ3) is 4.93. The molecule has 10 atom stereocenters. The van der Waals surface area contributed by atoms with Gasteiger partial charge in [0.25, 0.3) is 10.1 Å². The molecule has 0 radical (unpaired) electrons. The van der Waals surface area contributed by atoms with Crippen LogP contribution in [-0.2, 0) is 14.9 Å². The molecule has 3 N–H and O–H groups in total. The van der Waals surface area contributed by atoms with Gasteiger partial charge in [-0.3, -0.25) is 9.35 Å². The molecule has 4 saturated carbocycles. The SMILES string of the molecule is CC(CCC(=O)NCCS(=O)(=O)O)C1CCC2C3C(F)CC4CC(O)CCC4(C)C3CCC12C. The molecule has 0 aromatic carbocycles. The molecular weight excluding hydrogens is 457 g/mol. The Hall–Kier alpha value is -0.730. The summed E-state index contributed by atoms with van der Waals surface area (Å²) < 4.78 is 46.2. The molecular formula is C26H44FNO5S. The fourth-order valence-electron chi connectivity index (χ4n) is 9.09. The van der Waals surface area contributed by atoms with Crippen LogP contribution in [0, 0.1) is 46.3 Å². The Morgan fingerprint density at radius 1 is 1.09 bits per heavy atom. The Morgan fingerprint density at radius 3 is 2.47 bits per heavy atom. The van der Waals surface area contributed by atoms with Crippen molar-refractivity contribution in [2.45, 2.75) is 97.3 Å². The number of aliphatic hydroxyl groups is 1. The molecule has 196 valence electrons. The molecule has 0 spiro atoms. The van der Waals surface area contributed by atoms with Crippen LogP contribution in [0.25, 0.3) is 0 Å². The van der Waals surface area contributed by atoms with Gasteiger partial charge in [0, 0.05) is 13.0 Å². The molecule has 4 rings (SSSR count). The number of nitrogens with one attached hydrogen (secondary N) is 1. The molecule has 0 saturated heterocycles. The maximum atomic E-state index is 15.8. The molecule has 1 amide bonds. The fraction of sp³-hybridized carbons (Fsp3) is 0.962. The number of hydrogen-bond donors (Lipinski definition) is 3. The molecule has 8 heteroatoms. The second-order valence-electron chi connectivity index (χ2n) is 12.6. The van der Waals surface area contributed by atoms with E-state index >= 15 is 4.39 Å². The Morgan fingerprint density at radius 2 is 1.76 bits per heavy atom. The van der Waals surface area contributed by atoms with E-state index in [-0.39, 0.29) is 35.3 Å². The summed E-state index contributed by atoms with van der Waals surface area (Å²) in [6.07, 6.45) is 7.59. The van der Waals surface area contributed by atoms with Crippen LogP contribution < -0.4 is 5.32 Å². The van der Waals surface area contributed by atoms with Crippen molar-refractivity contribution in [3.63, 3.8) is 0 Å². The van der Waals surface area contributed by atoms with E-state index in [2.05, 4.69) is 26.1 Å². The van der Waals surface area contributed by atoms with E-state index in [1.807, 2.05) is 0 Å². The molecule has 0 aliphatic heterocycles. The van der Waals surface area contributed by atoms with Crippen LogP contribution in [-0.4, -0.2) is 48.6 Å². The van der Waals surface area contributed by atoms with Crippen LogP contribution in [0.15, 0.2) is 0 Å². The third-order valence-corrected chi connectivity index (χ3v) is 11.6. The molecule has 0 aromatic rings. The number of aliphatic hydroxyl groups excluding tert-OH is 1. The lowest BCUT2D eigenvalue weighted by atomic mass is 9.44. The quantitative estimate of drug-likeness (QED) is 0.449. The van der Waals surface area contributed by atoms with Gasteiger partial charge in [0.1, 0.15) is 6.17 Å². The van der Waals surface area contributed by atoms with E-state index in [9.17, 15) is 18.3 Å². The van der Waals surface area contributed by atoms with E-state index in [1.165, 1.54) is 0 Å². The number of hydrogen-bond acceptors (Lipinski definition) is 4. The second kappa shape index (κ2) is 9.62. The average molecular weight is 502 g/mol. The number of alkyl halides is 1. The van der Waals surface area contributed by atoms with E-state index < -0.39 is 22.0 Å². The van der Waals surface area contributed by atoms with Gasteiger partial charge < -0.3 is 10.4 Å². The van der Waals surface area contributed by atoms with Crippen LogP contribution in [0.3, 0.4) is 0 Å². The summed E-state index contributed by atoms with van der Waals surface area (Å²) in [6, 6.07) is 0. The zero-order valence-corrected chi connectivity index (χ0v) is 21.8. The van der Waals surface area contributed by atoms with E-state index in [4.69, 9.17) is 4.55 Å². The number of fused-ring (bicyclic) bond motifs is 5. The molecule has 10 unspecified atom stereocenters. The first kappa shape index (κ1) is 26.3. The van der Waals surface area contributed by atoms with E-state index in [0.717, 1.165) is 51.4 Å². The first-order valence-corrected chi connectivity index (χ1v) is 15.0. The highest BCUT2D eigenvalue weighted by molar-refractivity contribution is 7.85. The van der Waals surface area contributed by atoms with E-state index in [1.54, 1.807) is 0 Å². The summed E-state index contributed by atoms with van der Waals surface area (Å²) in [5.41, 5.74) is 0.251. The lowest BCUT2D eigenvalue weighted by Crippen LogP contribution is -2.57. The Bertz CT molecular complexity index is 867. The van der Waals surface area contributed by atoms with Crippen molar-refractivity contribution in [3.8, 4) is 0 Å². The highest BCUT2D eigenvalue weighted by Crippen LogP contribution is 2.68. The van der Waals surface area contributed by atoms with Gasteiger partial charge in [-0.1, -0.05) is 20.8 Å². The normalized spacial score (nSPS) is 45.1. The van der Waals surface area contributed by atoms with Crippen LogP contribution in [0.2, 0.25) is 0 Å². The van der Waals surface area contributed by atoms with Gasteiger partial charge >= 0.3 is 0 Å². The highest BCUT2D eigenvalue weighted by atomic mass is 32.2. The maximum Gasteiger partial charge on any atom is 0.266 e. The van der Waals surface area contributed by atoms with Crippen molar-refractivity contribution < 1.29 is 27.3 Å². The van der Waals surface area contributed by atoms with Gasteiger partial charge in [-0.25, -0.2) is 4.39 Å². The molecule has 0 bridgehead atoms. The highest BCUT2D eigenvalue weighted by Gasteiger charge is 2.63. The Balaban J connectivity index is 1.39. The minimum Gasteiger partial charge on any atom is -0.393 e. The van der Waals surface area contributed by atoms with E-state index in [0.29, 0.717) is 42.4 Å². The zero-order valence-electron chi connectivity index (χ0n) is 21.0. The smallest absolute Gasteiger partial charge is 0.266 e. The van der Waals surface area contributed by atoms with Crippen LogP contribution in [0.4, 0.5) is 4.39 Å². The lowest BCUT2D eigenvalue weighted by molar-refractivity contribution is -0.157. The summed E-state index contributed by atoms with van der Waals surface area (Å²) in [5, 5.41) is 12.8. The molecule has 4 aliphatic carbocycles. The number of amides is 1. The summed E-state index contributed by atoms with van der Waals surface area (Å²) in [4.78, 5) is 12.2. The molecule has 0 heterocycles. The van der Waals surface area contributed by atoms with Crippen molar-refractivity contribution in [3.05, 3.63) is 0 Å². The minimum atomic E-state index is -4.07. The molecule has 6 nitrogen and oxygen atoms in total. The van der Waals surface area contributed by atoms with Gasteiger partial charge in [0.2, 0.25) is 5.91 Å². The standard InChI is InChI=1S/C26H44FNO5S/c1-16(4-7-23(30)28-12-13-34(31,32)33)19-5-6-20-24-21(9-11-26(19,20)3)25(2)10-8-18(29)14-17(25)15-22(24)27/h16-22,24,29H,4-15H2,1-3H3,(H,28,30)(H,31,32,33). The Kier molecular flexibility index (Phi) is 7.45. The van der Waals surface area contributed by atoms with Gasteiger partial charge in [-0.2, -0.15) is 8.42 Å². The third-order valence-electron chi connectivity index (χ3n) is 10.9. The summed E-state index contributed by atoms with van der Waals surface area (Å²) >= 11 is 0. The lowest BCUT2D eigenvalue weighted by Gasteiger charge is -2.62. The largest absolute Gasteiger partial charge is 0.393 e. The molecule has 0 aromatic heterocycles. The minimum absolute atomic E-state index is 0.0764. The maximum absolute atomic E-state index is 15.8. The number of halogens is 1. The van der Waals surface area contributed by atoms with Crippen molar-refractivity contribution >= 4 is 16.0 Å². The molecule has 4 aliphatic rings. The predicted molar refractivity (Wildman–Crippen MR) is 129 cm³/mol. The number of carbonyl (C=O) groups is 1. The van der Waals surface area contributed by atoms with Crippen LogP contribution in [0.1, 0.15) is 85.0 Å². The zero-order chi connectivity index (χ0) is 24.9. The van der Waals surface area contributed by atoms with Gasteiger partial charge in [-0.15, -0.1) is 0 Å². The van der Waals surface area contributed by atoms with Gasteiger partial charge in [0.15, 0.2) is 0 Å². The number of rotatable bonds is 7. The van der Waals surface area contributed by atoms with Gasteiger partial charge in [-0.05, 0) is 104 Å². The van der Waals surface area contributed by atoms with Crippen molar-refractivity contribution in [1.29, 1.82) is 0 Å². The number of carbonyl (C=O) groups excluding carboxylic acids is 1. The van der Waals surface area contributed by atoms with Crippen LogP contribution >= 0.6 is 0 Å².